The first-order chi connectivity index (χ1) is 6.24. The van der Waals surface area contributed by atoms with Gasteiger partial charge in [-0.05, 0) is 30.2 Å². The largest absolute Gasteiger partial charge is 0.392 e. The predicted molar refractivity (Wildman–Crippen MR) is 56.7 cm³/mol. The Labute approximate surface area is 84.7 Å². The second-order valence-electron chi connectivity index (χ2n) is 3.07. The topological polar surface area (TPSA) is 36.0 Å². The van der Waals surface area contributed by atoms with Crippen molar-refractivity contribution in [1.29, 1.82) is 0 Å². The summed E-state index contributed by atoms with van der Waals surface area (Å²) in [5.74, 6) is 0. The van der Waals surface area contributed by atoms with Gasteiger partial charge in [-0.2, -0.15) is 0 Å². The summed E-state index contributed by atoms with van der Waals surface area (Å²) >= 11 is 3.46. The Kier molecular flexibility index (Phi) is 2.14. The van der Waals surface area contributed by atoms with Crippen LogP contribution in [0.1, 0.15) is 11.1 Å². The van der Waals surface area contributed by atoms with Crippen LogP contribution < -0.4 is 0 Å². The molecule has 68 valence electrons. The molecule has 0 radical (unpaired) electrons. The van der Waals surface area contributed by atoms with E-state index in [1.165, 1.54) is 5.56 Å². The summed E-state index contributed by atoms with van der Waals surface area (Å²) in [5.41, 5.74) is 3.23. The number of fused-ring (bicyclic) bond motifs is 1. The normalized spacial score (nSPS) is 11.0. The van der Waals surface area contributed by atoms with Gasteiger partial charge in [0.2, 0.25) is 0 Å². The molecule has 13 heavy (non-hydrogen) atoms. The lowest BCUT2D eigenvalue weighted by atomic mass is 10.1. The lowest BCUT2D eigenvalue weighted by molar-refractivity contribution is 0.283. The summed E-state index contributed by atoms with van der Waals surface area (Å²) in [4.78, 5) is 3.16. The molecular weight excluding hydrogens is 230 g/mol. The fraction of sp³-hybridized carbons (Fsp3) is 0.200. The van der Waals surface area contributed by atoms with E-state index in [1.54, 1.807) is 0 Å². The highest BCUT2D eigenvalue weighted by molar-refractivity contribution is 9.10. The summed E-state index contributed by atoms with van der Waals surface area (Å²) in [6.45, 7) is 2.12. The number of hydrogen-bond acceptors (Lipinski definition) is 1. The molecule has 1 aromatic carbocycles. The number of aromatic nitrogens is 1. The SMILES string of the molecule is Cc1c(Br)cc(CO)c2cc[nH]c12. The minimum Gasteiger partial charge on any atom is -0.392 e. The number of H-pyrrole nitrogens is 1. The van der Waals surface area contributed by atoms with E-state index in [0.29, 0.717) is 0 Å². The summed E-state index contributed by atoms with van der Waals surface area (Å²) in [5, 5.41) is 10.2. The van der Waals surface area contributed by atoms with Gasteiger partial charge in [-0.3, -0.25) is 0 Å². The molecule has 2 aromatic rings. The van der Waals surface area contributed by atoms with E-state index >= 15 is 0 Å². The molecule has 2 rings (SSSR count). The molecule has 1 aromatic heterocycles. The molecule has 1 heterocycles. The first kappa shape index (κ1) is 8.78. The Morgan fingerprint density at radius 3 is 3.00 bits per heavy atom. The summed E-state index contributed by atoms with van der Waals surface area (Å²) in [7, 11) is 0. The summed E-state index contributed by atoms with van der Waals surface area (Å²) in [6.07, 6.45) is 1.89. The fourth-order valence-corrected chi connectivity index (χ4v) is 2.01. The zero-order valence-corrected chi connectivity index (χ0v) is 8.85. The highest BCUT2D eigenvalue weighted by Gasteiger charge is 2.07. The predicted octanol–water partition coefficient (Wildman–Crippen LogP) is 2.73. The van der Waals surface area contributed by atoms with Gasteiger partial charge in [-0.1, -0.05) is 15.9 Å². The Morgan fingerprint density at radius 1 is 1.54 bits per heavy atom. The van der Waals surface area contributed by atoms with E-state index in [9.17, 15) is 0 Å². The van der Waals surface area contributed by atoms with E-state index < -0.39 is 0 Å². The van der Waals surface area contributed by atoms with Crippen molar-refractivity contribution in [2.45, 2.75) is 13.5 Å². The van der Waals surface area contributed by atoms with Crippen LogP contribution in [0, 0.1) is 6.92 Å². The summed E-state index contributed by atoms with van der Waals surface area (Å²) < 4.78 is 1.03. The first-order valence-electron chi connectivity index (χ1n) is 4.10. The van der Waals surface area contributed by atoms with Gasteiger partial charge < -0.3 is 10.1 Å². The average Bonchev–Trinajstić information content (AvgIpc) is 2.60. The third-order valence-electron chi connectivity index (χ3n) is 2.30. The maximum atomic E-state index is 9.13. The van der Waals surface area contributed by atoms with Gasteiger partial charge in [0.05, 0.1) is 6.61 Å². The van der Waals surface area contributed by atoms with E-state index in [4.69, 9.17) is 5.11 Å². The number of halogens is 1. The monoisotopic (exact) mass is 239 g/mol. The average molecular weight is 240 g/mol. The minimum absolute atomic E-state index is 0.0766. The number of aliphatic hydroxyl groups is 1. The Morgan fingerprint density at radius 2 is 2.31 bits per heavy atom. The van der Waals surface area contributed by atoms with Gasteiger partial charge in [-0.15, -0.1) is 0 Å². The summed E-state index contributed by atoms with van der Waals surface area (Å²) in [6, 6.07) is 3.95. The molecule has 0 unspecified atom stereocenters. The van der Waals surface area contributed by atoms with Crippen LogP contribution in [-0.2, 0) is 6.61 Å². The van der Waals surface area contributed by atoms with Crippen molar-refractivity contribution < 1.29 is 5.11 Å². The van der Waals surface area contributed by atoms with Crippen LogP contribution in [0.3, 0.4) is 0 Å². The Bertz CT molecular complexity index is 447. The second kappa shape index (κ2) is 3.16. The molecule has 0 bridgehead atoms. The molecule has 0 fully saturated rings. The van der Waals surface area contributed by atoms with E-state index in [1.807, 2.05) is 25.3 Å². The van der Waals surface area contributed by atoms with Crippen LogP contribution >= 0.6 is 15.9 Å². The van der Waals surface area contributed by atoms with E-state index in [0.717, 1.165) is 20.9 Å². The van der Waals surface area contributed by atoms with Crippen LogP contribution in [0.15, 0.2) is 22.8 Å². The highest BCUT2D eigenvalue weighted by atomic mass is 79.9. The van der Waals surface area contributed by atoms with Crippen molar-refractivity contribution in [1.82, 2.24) is 4.98 Å². The second-order valence-corrected chi connectivity index (χ2v) is 3.92. The van der Waals surface area contributed by atoms with Gasteiger partial charge in [0.15, 0.2) is 0 Å². The van der Waals surface area contributed by atoms with Gasteiger partial charge in [0.1, 0.15) is 0 Å². The van der Waals surface area contributed by atoms with Crippen LogP contribution in [0.25, 0.3) is 10.9 Å². The lowest BCUT2D eigenvalue weighted by Gasteiger charge is -2.04. The van der Waals surface area contributed by atoms with Crippen LogP contribution in [0.2, 0.25) is 0 Å². The minimum atomic E-state index is 0.0766. The van der Waals surface area contributed by atoms with Crippen LogP contribution in [0.5, 0.6) is 0 Å². The zero-order chi connectivity index (χ0) is 9.42. The van der Waals surface area contributed by atoms with Crippen molar-refractivity contribution in [3.05, 3.63) is 33.9 Å². The third-order valence-corrected chi connectivity index (χ3v) is 3.12. The number of hydrogen-bond donors (Lipinski definition) is 2. The zero-order valence-electron chi connectivity index (χ0n) is 7.26. The van der Waals surface area contributed by atoms with Crippen molar-refractivity contribution in [2.24, 2.45) is 0 Å². The van der Waals surface area contributed by atoms with E-state index in [2.05, 4.69) is 20.9 Å². The molecule has 2 nitrogen and oxygen atoms in total. The van der Waals surface area contributed by atoms with E-state index in [-0.39, 0.29) is 6.61 Å². The molecule has 0 saturated carbocycles. The van der Waals surface area contributed by atoms with Crippen molar-refractivity contribution >= 4 is 26.8 Å². The molecule has 0 amide bonds. The molecule has 0 aliphatic heterocycles. The molecular formula is C10H10BrNO. The Balaban J connectivity index is 2.87. The molecule has 0 aliphatic carbocycles. The smallest absolute Gasteiger partial charge is 0.0688 e. The maximum Gasteiger partial charge on any atom is 0.0688 e. The number of benzene rings is 1. The van der Waals surface area contributed by atoms with Crippen molar-refractivity contribution in [3.63, 3.8) is 0 Å². The first-order valence-corrected chi connectivity index (χ1v) is 4.89. The number of aromatic amines is 1. The van der Waals surface area contributed by atoms with Crippen molar-refractivity contribution in [2.75, 3.05) is 0 Å². The van der Waals surface area contributed by atoms with Crippen molar-refractivity contribution in [3.8, 4) is 0 Å². The standard InChI is InChI=1S/C10H10BrNO/c1-6-9(11)4-7(5-13)8-2-3-12-10(6)8/h2-4,12-13H,5H2,1H3. The molecule has 3 heteroatoms. The quantitative estimate of drug-likeness (QED) is 0.789. The number of aliphatic hydroxyl groups excluding tert-OH is 1. The maximum absolute atomic E-state index is 9.13. The van der Waals surface area contributed by atoms with Crippen LogP contribution in [0.4, 0.5) is 0 Å². The van der Waals surface area contributed by atoms with Gasteiger partial charge in [0.25, 0.3) is 0 Å². The van der Waals surface area contributed by atoms with Gasteiger partial charge in [-0.25, -0.2) is 0 Å². The molecule has 2 N–H and O–H groups in total. The highest BCUT2D eigenvalue weighted by Crippen LogP contribution is 2.28. The van der Waals surface area contributed by atoms with Gasteiger partial charge in [0, 0.05) is 21.6 Å². The molecule has 0 aliphatic rings. The fourth-order valence-electron chi connectivity index (χ4n) is 1.54. The molecule has 0 saturated heterocycles. The third kappa shape index (κ3) is 1.28. The number of aryl methyl sites for hydroxylation is 1. The lowest BCUT2D eigenvalue weighted by Crippen LogP contribution is -1.87. The number of rotatable bonds is 1. The number of nitrogens with one attached hydrogen (secondary N) is 1. The van der Waals surface area contributed by atoms with Gasteiger partial charge >= 0.3 is 0 Å². The Hall–Kier alpha value is -0.800. The van der Waals surface area contributed by atoms with Crippen LogP contribution in [-0.4, -0.2) is 10.1 Å². The molecule has 0 atom stereocenters. The molecule has 0 spiro atoms.